The predicted molar refractivity (Wildman–Crippen MR) is 128 cm³/mol. The Kier molecular flexibility index (Phi) is 6.59. The van der Waals surface area contributed by atoms with E-state index in [2.05, 4.69) is 20.5 Å². The summed E-state index contributed by atoms with van der Waals surface area (Å²) >= 11 is 0. The van der Waals surface area contributed by atoms with Gasteiger partial charge < -0.3 is 9.47 Å². The van der Waals surface area contributed by atoms with Crippen LogP contribution in [0.3, 0.4) is 0 Å². The number of hydrogen-bond acceptors (Lipinski definition) is 6. The van der Waals surface area contributed by atoms with Gasteiger partial charge in [0.05, 0.1) is 31.3 Å². The first-order chi connectivity index (χ1) is 16.1. The Labute approximate surface area is 191 Å². The van der Waals surface area contributed by atoms with Crippen LogP contribution in [0.1, 0.15) is 12.5 Å². The fraction of sp³-hybridized carbons (Fsp3) is 0.115. The summed E-state index contributed by atoms with van der Waals surface area (Å²) in [5.41, 5.74) is 7.65. The van der Waals surface area contributed by atoms with Gasteiger partial charge in [-0.05, 0) is 48.9 Å². The zero-order valence-electron chi connectivity index (χ0n) is 18.5. The maximum Gasteiger partial charge on any atom is 0.244 e. The Bertz CT molecular complexity index is 1280. The first-order valence-corrected chi connectivity index (χ1v) is 10.3. The minimum atomic E-state index is -0.294. The molecule has 0 aliphatic carbocycles. The Morgan fingerprint density at radius 2 is 1.45 bits per heavy atom. The van der Waals surface area contributed by atoms with Crippen molar-refractivity contribution in [2.45, 2.75) is 6.92 Å². The fourth-order valence-corrected chi connectivity index (χ4v) is 3.29. The number of methoxy groups -OCH3 is 2. The normalized spacial score (nSPS) is 11.2. The van der Waals surface area contributed by atoms with Gasteiger partial charge in [-0.15, -0.1) is 0 Å². The molecule has 166 valence electrons. The zero-order valence-corrected chi connectivity index (χ0v) is 18.5. The number of ether oxygens (including phenoxy) is 2. The lowest BCUT2D eigenvalue weighted by molar-refractivity contribution is 0.355. The molecule has 1 N–H and O–H groups in total. The molecule has 7 heteroatoms. The van der Waals surface area contributed by atoms with Crippen molar-refractivity contribution in [3.63, 3.8) is 0 Å². The lowest BCUT2D eigenvalue weighted by Crippen LogP contribution is -2.04. The molecule has 0 amide bonds. The van der Waals surface area contributed by atoms with Crippen molar-refractivity contribution >= 4 is 11.7 Å². The highest BCUT2D eigenvalue weighted by Crippen LogP contribution is 2.33. The van der Waals surface area contributed by atoms with Crippen LogP contribution in [0.25, 0.3) is 22.5 Å². The van der Waals surface area contributed by atoms with Gasteiger partial charge in [-0.1, -0.05) is 42.5 Å². The number of benzene rings is 3. The number of aromatic nitrogens is 2. The fourth-order valence-electron chi connectivity index (χ4n) is 3.29. The second-order valence-corrected chi connectivity index (χ2v) is 7.21. The van der Waals surface area contributed by atoms with Crippen LogP contribution in [0.4, 0.5) is 10.3 Å². The van der Waals surface area contributed by atoms with Gasteiger partial charge in [0.1, 0.15) is 5.82 Å². The summed E-state index contributed by atoms with van der Waals surface area (Å²) in [6, 6.07) is 23.5. The molecule has 6 nitrogen and oxygen atoms in total. The van der Waals surface area contributed by atoms with Crippen LogP contribution in [0.5, 0.6) is 11.5 Å². The molecule has 0 fully saturated rings. The Hall–Kier alpha value is -4.26. The molecule has 4 aromatic rings. The summed E-state index contributed by atoms with van der Waals surface area (Å²) in [6.45, 7) is 1.83. The minimum Gasteiger partial charge on any atom is -0.493 e. The van der Waals surface area contributed by atoms with Crippen molar-refractivity contribution in [2.24, 2.45) is 5.10 Å². The van der Waals surface area contributed by atoms with Gasteiger partial charge in [0, 0.05) is 11.1 Å². The number of nitrogens with one attached hydrogen (secondary N) is 1. The molecule has 0 atom stereocenters. The average molecular weight is 442 g/mol. The molecule has 0 unspecified atom stereocenters. The molecular weight excluding hydrogens is 419 g/mol. The predicted octanol–water partition coefficient (Wildman–Crippen LogP) is 5.80. The zero-order chi connectivity index (χ0) is 23.2. The first-order valence-electron chi connectivity index (χ1n) is 10.3. The van der Waals surface area contributed by atoms with Crippen molar-refractivity contribution in [2.75, 3.05) is 19.6 Å². The van der Waals surface area contributed by atoms with Crippen LogP contribution >= 0.6 is 0 Å². The summed E-state index contributed by atoms with van der Waals surface area (Å²) < 4.78 is 24.0. The Morgan fingerprint density at radius 1 is 0.788 bits per heavy atom. The molecule has 0 saturated carbocycles. The molecule has 0 bridgehead atoms. The second kappa shape index (κ2) is 9.91. The Morgan fingerprint density at radius 3 is 2.12 bits per heavy atom. The van der Waals surface area contributed by atoms with E-state index in [1.54, 1.807) is 26.4 Å². The molecule has 3 aromatic carbocycles. The summed E-state index contributed by atoms with van der Waals surface area (Å²) in [4.78, 5) is 9.29. The molecule has 0 radical (unpaired) electrons. The van der Waals surface area contributed by atoms with E-state index in [0.717, 1.165) is 22.4 Å². The second-order valence-electron chi connectivity index (χ2n) is 7.21. The van der Waals surface area contributed by atoms with Crippen molar-refractivity contribution in [1.82, 2.24) is 9.97 Å². The summed E-state index contributed by atoms with van der Waals surface area (Å²) in [6.07, 6.45) is 0. The lowest BCUT2D eigenvalue weighted by Gasteiger charge is -2.12. The molecule has 1 aromatic heterocycles. The number of rotatable bonds is 7. The Balaban J connectivity index is 1.74. The van der Waals surface area contributed by atoms with Crippen LogP contribution in [0.15, 0.2) is 84.0 Å². The SMILES string of the molecule is COc1ccc(-c2cc(-c3ccccc3)nc(NN=C(C)c3ccc(F)cc3)n2)cc1OC. The molecule has 0 aliphatic heterocycles. The van der Waals surface area contributed by atoms with Crippen molar-refractivity contribution in [1.29, 1.82) is 0 Å². The van der Waals surface area contributed by atoms with E-state index < -0.39 is 0 Å². The van der Waals surface area contributed by atoms with Crippen LogP contribution in [-0.2, 0) is 0 Å². The number of nitrogens with zero attached hydrogens (tertiary/aromatic N) is 3. The van der Waals surface area contributed by atoms with Gasteiger partial charge in [0.2, 0.25) is 5.95 Å². The third kappa shape index (κ3) is 5.15. The van der Waals surface area contributed by atoms with Crippen molar-refractivity contribution < 1.29 is 13.9 Å². The van der Waals surface area contributed by atoms with Crippen LogP contribution < -0.4 is 14.9 Å². The van der Waals surface area contributed by atoms with Crippen molar-refractivity contribution in [3.8, 4) is 34.0 Å². The van der Waals surface area contributed by atoms with Gasteiger partial charge in [-0.2, -0.15) is 5.10 Å². The van der Waals surface area contributed by atoms with E-state index >= 15 is 0 Å². The standard InChI is InChI=1S/C26H23FN4O2/c1-17(18-9-12-21(27)13-10-18)30-31-26-28-22(19-7-5-4-6-8-19)16-23(29-26)20-11-14-24(32-2)25(15-20)33-3/h4-16H,1-3H3,(H,28,29,31). The quantitative estimate of drug-likeness (QED) is 0.289. The third-order valence-corrected chi connectivity index (χ3v) is 5.06. The maximum atomic E-state index is 13.2. The van der Waals surface area contributed by atoms with Crippen LogP contribution in [0, 0.1) is 5.82 Å². The molecular formula is C26H23FN4O2. The first kappa shape index (κ1) is 22.0. The summed E-state index contributed by atoms with van der Waals surface area (Å²) in [5, 5.41) is 4.40. The largest absolute Gasteiger partial charge is 0.493 e. The van der Waals surface area contributed by atoms with Gasteiger partial charge in [0.15, 0.2) is 11.5 Å². The monoisotopic (exact) mass is 442 g/mol. The van der Waals surface area contributed by atoms with E-state index in [9.17, 15) is 4.39 Å². The molecule has 0 saturated heterocycles. The summed E-state index contributed by atoms with van der Waals surface area (Å²) in [7, 11) is 3.19. The molecule has 0 aliphatic rings. The molecule has 4 rings (SSSR count). The molecule has 33 heavy (non-hydrogen) atoms. The number of halogens is 1. The minimum absolute atomic E-state index is 0.294. The van der Waals surface area contributed by atoms with E-state index in [1.807, 2.05) is 61.5 Å². The summed E-state index contributed by atoms with van der Waals surface area (Å²) in [5.74, 6) is 1.28. The van der Waals surface area contributed by atoms with Crippen LogP contribution in [-0.4, -0.2) is 29.9 Å². The smallest absolute Gasteiger partial charge is 0.244 e. The van der Waals surface area contributed by atoms with Crippen molar-refractivity contribution in [3.05, 3.63) is 90.2 Å². The van der Waals surface area contributed by atoms with E-state index in [1.165, 1.54) is 12.1 Å². The highest BCUT2D eigenvalue weighted by molar-refractivity contribution is 5.99. The van der Waals surface area contributed by atoms with E-state index in [-0.39, 0.29) is 5.82 Å². The third-order valence-electron chi connectivity index (χ3n) is 5.06. The molecule has 0 spiro atoms. The number of hydrogen-bond donors (Lipinski definition) is 1. The highest BCUT2D eigenvalue weighted by atomic mass is 19.1. The van der Waals surface area contributed by atoms with Gasteiger partial charge in [0.25, 0.3) is 0 Å². The van der Waals surface area contributed by atoms with Gasteiger partial charge in [-0.3, -0.25) is 0 Å². The maximum absolute atomic E-state index is 13.2. The van der Waals surface area contributed by atoms with E-state index in [4.69, 9.17) is 9.47 Å². The average Bonchev–Trinajstić information content (AvgIpc) is 2.87. The van der Waals surface area contributed by atoms with Gasteiger partial charge in [-0.25, -0.2) is 19.8 Å². The topological polar surface area (TPSA) is 68.6 Å². The highest BCUT2D eigenvalue weighted by Gasteiger charge is 2.12. The van der Waals surface area contributed by atoms with Crippen LogP contribution in [0.2, 0.25) is 0 Å². The van der Waals surface area contributed by atoms with E-state index in [0.29, 0.717) is 28.9 Å². The number of hydrazone groups is 1. The molecule has 1 heterocycles. The van der Waals surface area contributed by atoms with Gasteiger partial charge >= 0.3 is 0 Å². The lowest BCUT2D eigenvalue weighted by atomic mass is 10.1. The number of anilines is 1.